The molecule has 0 aliphatic rings. The molecule has 0 radical (unpaired) electrons. The number of aromatic amines is 1. The van der Waals surface area contributed by atoms with Gasteiger partial charge in [0.05, 0.1) is 10.5 Å². The van der Waals surface area contributed by atoms with Gasteiger partial charge in [0, 0.05) is 11.8 Å². The van der Waals surface area contributed by atoms with Crippen LogP contribution in [0, 0.1) is 0 Å². The van der Waals surface area contributed by atoms with E-state index in [0.717, 1.165) is 11.1 Å². The van der Waals surface area contributed by atoms with Crippen molar-refractivity contribution in [3.63, 3.8) is 0 Å². The SMILES string of the molecule is Clc1ccccc1-c1nc2c(Cl)nccc2[nH]1. The zero-order valence-electron chi connectivity index (χ0n) is 8.61. The number of benzene rings is 1. The lowest BCUT2D eigenvalue weighted by molar-refractivity contribution is 1.33. The molecular weight excluding hydrogens is 257 g/mol. The zero-order valence-corrected chi connectivity index (χ0v) is 10.1. The first-order chi connectivity index (χ1) is 8.25. The summed E-state index contributed by atoms with van der Waals surface area (Å²) in [5.74, 6) is 0.695. The van der Waals surface area contributed by atoms with Crippen molar-refractivity contribution >= 4 is 34.2 Å². The quantitative estimate of drug-likeness (QED) is 0.676. The third kappa shape index (κ3) is 1.77. The fourth-order valence-electron chi connectivity index (χ4n) is 1.68. The van der Waals surface area contributed by atoms with Gasteiger partial charge in [0.25, 0.3) is 0 Å². The second-order valence-corrected chi connectivity index (χ2v) is 4.33. The van der Waals surface area contributed by atoms with Crippen LogP contribution < -0.4 is 0 Å². The zero-order chi connectivity index (χ0) is 11.8. The van der Waals surface area contributed by atoms with E-state index in [1.807, 2.05) is 30.3 Å². The Kier molecular flexibility index (Phi) is 2.50. The molecule has 3 aromatic rings. The third-order valence-corrected chi connectivity index (χ3v) is 3.09. The summed E-state index contributed by atoms with van der Waals surface area (Å²) in [5.41, 5.74) is 2.35. The van der Waals surface area contributed by atoms with Crippen molar-refractivity contribution in [3.8, 4) is 11.4 Å². The molecule has 0 amide bonds. The van der Waals surface area contributed by atoms with Crippen LogP contribution in [-0.4, -0.2) is 15.0 Å². The number of hydrogen-bond acceptors (Lipinski definition) is 2. The van der Waals surface area contributed by atoms with Crippen molar-refractivity contribution in [1.82, 2.24) is 15.0 Å². The molecule has 0 saturated carbocycles. The second-order valence-electron chi connectivity index (χ2n) is 3.56. The number of pyridine rings is 1. The molecule has 0 unspecified atom stereocenters. The largest absolute Gasteiger partial charge is 0.338 e. The van der Waals surface area contributed by atoms with Crippen LogP contribution in [0.5, 0.6) is 0 Å². The van der Waals surface area contributed by atoms with Gasteiger partial charge in [-0.3, -0.25) is 0 Å². The topological polar surface area (TPSA) is 41.6 Å². The number of H-pyrrole nitrogens is 1. The monoisotopic (exact) mass is 263 g/mol. The van der Waals surface area contributed by atoms with E-state index in [-0.39, 0.29) is 0 Å². The van der Waals surface area contributed by atoms with Crippen molar-refractivity contribution in [1.29, 1.82) is 0 Å². The summed E-state index contributed by atoms with van der Waals surface area (Å²) in [6.07, 6.45) is 1.64. The molecule has 3 rings (SSSR count). The van der Waals surface area contributed by atoms with E-state index < -0.39 is 0 Å². The first-order valence-corrected chi connectivity index (χ1v) is 5.76. The number of nitrogens with one attached hydrogen (secondary N) is 1. The van der Waals surface area contributed by atoms with Crippen molar-refractivity contribution in [3.05, 3.63) is 46.7 Å². The Bertz CT molecular complexity index is 691. The minimum atomic E-state index is 0.386. The van der Waals surface area contributed by atoms with E-state index >= 15 is 0 Å². The Morgan fingerprint density at radius 1 is 1.06 bits per heavy atom. The average Bonchev–Trinajstić information content (AvgIpc) is 2.75. The summed E-state index contributed by atoms with van der Waals surface area (Å²) in [4.78, 5) is 11.6. The summed E-state index contributed by atoms with van der Waals surface area (Å²) in [5, 5.41) is 1.03. The lowest BCUT2D eigenvalue weighted by atomic mass is 10.2. The summed E-state index contributed by atoms with van der Waals surface area (Å²) in [6, 6.07) is 9.34. The number of nitrogens with zero attached hydrogens (tertiary/aromatic N) is 2. The Hall–Kier alpha value is -1.58. The summed E-state index contributed by atoms with van der Waals surface area (Å²) >= 11 is 12.1. The molecule has 0 fully saturated rings. The van der Waals surface area contributed by atoms with Crippen molar-refractivity contribution < 1.29 is 0 Å². The van der Waals surface area contributed by atoms with Gasteiger partial charge in [0.15, 0.2) is 5.15 Å². The summed E-state index contributed by atoms with van der Waals surface area (Å²) < 4.78 is 0. The van der Waals surface area contributed by atoms with Crippen molar-refractivity contribution in [2.45, 2.75) is 0 Å². The summed E-state index contributed by atoms with van der Waals surface area (Å²) in [7, 11) is 0. The van der Waals surface area contributed by atoms with Gasteiger partial charge in [-0.15, -0.1) is 0 Å². The van der Waals surface area contributed by atoms with Gasteiger partial charge in [0.2, 0.25) is 0 Å². The van der Waals surface area contributed by atoms with E-state index in [0.29, 0.717) is 21.5 Å². The Morgan fingerprint density at radius 2 is 1.88 bits per heavy atom. The number of fused-ring (bicyclic) bond motifs is 1. The second kappa shape index (κ2) is 4.02. The molecule has 1 N–H and O–H groups in total. The molecular formula is C12H7Cl2N3. The molecule has 0 saturated heterocycles. The highest BCUT2D eigenvalue weighted by molar-refractivity contribution is 6.34. The van der Waals surface area contributed by atoms with Gasteiger partial charge in [-0.1, -0.05) is 35.3 Å². The van der Waals surface area contributed by atoms with Crippen molar-refractivity contribution in [2.24, 2.45) is 0 Å². The molecule has 2 aromatic heterocycles. The number of aromatic nitrogens is 3. The van der Waals surface area contributed by atoms with E-state index in [2.05, 4.69) is 15.0 Å². The van der Waals surface area contributed by atoms with Crippen molar-refractivity contribution in [2.75, 3.05) is 0 Å². The number of rotatable bonds is 1. The predicted molar refractivity (Wildman–Crippen MR) is 69.3 cm³/mol. The molecule has 0 bridgehead atoms. The highest BCUT2D eigenvalue weighted by Crippen LogP contribution is 2.28. The van der Waals surface area contributed by atoms with Crippen LogP contribution in [0.25, 0.3) is 22.4 Å². The molecule has 0 spiro atoms. The van der Waals surface area contributed by atoms with E-state index in [1.165, 1.54) is 0 Å². The number of imidazole rings is 1. The number of hydrogen-bond donors (Lipinski definition) is 1. The fourth-order valence-corrected chi connectivity index (χ4v) is 2.11. The molecule has 3 nitrogen and oxygen atoms in total. The van der Waals surface area contributed by atoms with Gasteiger partial charge < -0.3 is 4.98 Å². The van der Waals surface area contributed by atoms with Gasteiger partial charge in [-0.05, 0) is 18.2 Å². The molecule has 17 heavy (non-hydrogen) atoms. The molecule has 84 valence electrons. The average molecular weight is 264 g/mol. The van der Waals surface area contributed by atoms with Crippen LogP contribution in [0.2, 0.25) is 10.2 Å². The maximum Gasteiger partial charge on any atom is 0.156 e. The van der Waals surface area contributed by atoms with Gasteiger partial charge in [0.1, 0.15) is 11.3 Å². The molecule has 0 aliphatic carbocycles. The van der Waals surface area contributed by atoms with Gasteiger partial charge in [-0.2, -0.15) is 0 Å². The van der Waals surface area contributed by atoms with E-state index in [4.69, 9.17) is 23.2 Å². The highest BCUT2D eigenvalue weighted by Gasteiger charge is 2.10. The Labute approximate surface area is 107 Å². The predicted octanol–water partition coefficient (Wildman–Crippen LogP) is 3.93. The standard InChI is InChI=1S/C12H7Cl2N3/c13-8-4-2-1-3-7(8)12-16-9-5-6-15-11(14)10(9)17-12/h1-6H,(H,16,17). The van der Waals surface area contributed by atoms with Crippen LogP contribution >= 0.6 is 23.2 Å². The van der Waals surface area contributed by atoms with Crippen LogP contribution in [0.1, 0.15) is 0 Å². The van der Waals surface area contributed by atoms with Crippen LogP contribution in [0.15, 0.2) is 36.5 Å². The number of halogens is 2. The van der Waals surface area contributed by atoms with Gasteiger partial charge in [-0.25, -0.2) is 9.97 Å². The smallest absolute Gasteiger partial charge is 0.156 e. The van der Waals surface area contributed by atoms with Crippen LogP contribution in [-0.2, 0) is 0 Å². The Morgan fingerprint density at radius 3 is 2.65 bits per heavy atom. The minimum Gasteiger partial charge on any atom is -0.338 e. The summed E-state index contributed by atoms with van der Waals surface area (Å²) in [6.45, 7) is 0. The lowest BCUT2D eigenvalue weighted by Crippen LogP contribution is -1.80. The maximum atomic E-state index is 6.12. The van der Waals surface area contributed by atoms with E-state index in [9.17, 15) is 0 Å². The fraction of sp³-hybridized carbons (Fsp3) is 0. The third-order valence-electron chi connectivity index (χ3n) is 2.49. The molecule has 0 atom stereocenters. The molecule has 0 aliphatic heterocycles. The first kappa shape index (κ1) is 10.6. The highest BCUT2D eigenvalue weighted by atomic mass is 35.5. The normalized spacial score (nSPS) is 10.9. The lowest BCUT2D eigenvalue weighted by Gasteiger charge is -1.98. The molecule has 2 heterocycles. The van der Waals surface area contributed by atoms with Gasteiger partial charge >= 0.3 is 0 Å². The first-order valence-electron chi connectivity index (χ1n) is 5.01. The minimum absolute atomic E-state index is 0.386. The van der Waals surface area contributed by atoms with Crippen LogP contribution in [0.3, 0.4) is 0 Å². The van der Waals surface area contributed by atoms with Crippen LogP contribution in [0.4, 0.5) is 0 Å². The molecule has 5 heteroatoms. The van der Waals surface area contributed by atoms with E-state index in [1.54, 1.807) is 6.20 Å². The maximum absolute atomic E-state index is 6.12. The molecule has 1 aromatic carbocycles. The Balaban J connectivity index is 2.26.